The zero-order valence-electron chi connectivity index (χ0n) is 7.90. The van der Waals surface area contributed by atoms with E-state index in [-0.39, 0.29) is 0 Å². The van der Waals surface area contributed by atoms with Crippen molar-refractivity contribution < 1.29 is 4.79 Å². The molecule has 2 nitrogen and oxygen atoms in total. The molecule has 0 heterocycles. The smallest absolute Gasteiger partial charge is 0.207 e. The lowest BCUT2D eigenvalue weighted by Gasteiger charge is -1.78. The molecule has 0 atom stereocenters. The highest BCUT2D eigenvalue weighted by atomic mass is 16.1. The molecule has 0 aromatic rings. The highest BCUT2D eigenvalue weighted by molar-refractivity contribution is 5.45. The molecule has 0 aliphatic carbocycles. The maximum atomic E-state index is 9.29. The monoisotopic (exact) mass is 147 g/mol. The number of nitrogens with one attached hydrogen (secondary N) is 1. The first-order valence-corrected chi connectivity index (χ1v) is 4.00. The summed E-state index contributed by atoms with van der Waals surface area (Å²) in [5, 5.41) is 2.43. The Hall–Kier alpha value is -0.530. The van der Waals surface area contributed by atoms with Crippen molar-refractivity contribution >= 4 is 6.41 Å². The predicted molar refractivity (Wildman–Crippen MR) is 47.1 cm³/mol. The van der Waals surface area contributed by atoms with E-state index >= 15 is 0 Å². The van der Waals surface area contributed by atoms with Gasteiger partial charge in [0.05, 0.1) is 0 Å². The number of rotatable bonds is 2. The number of hydrogen-bond acceptors (Lipinski definition) is 1. The third-order valence-corrected chi connectivity index (χ3v) is 0.287. The molecule has 0 saturated heterocycles. The van der Waals surface area contributed by atoms with Gasteiger partial charge in [-0.15, -0.1) is 0 Å². The zero-order valence-corrected chi connectivity index (χ0v) is 7.90. The van der Waals surface area contributed by atoms with Crippen molar-refractivity contribution in [3.63, 3.8) is 0 Å². The van der Waals surface area contributed by atoms with E-state index in [9.17, 15) is 4.79 Å². The van der Waals surface area contributed by atoms with Gasteiger partial charge in [0.2, 0.25) is 6.41 Å². The maximum absolute atomic E-state index is 9.29. The molecule has 0 aromatic carbocycles. The normalized spacial score (nSPS) is 5.70. The van der Waals surface area contributed by atoms with Crippen molar-refractivity contribution in [2.24, 2.45) is 0 Å². The second kappa shape index (κ2) is 39.3. The van der Waals surface area contributed by atoms with E-state index < -0.39 is 0 Å². The fourth-order valence-electron chi connectivity index (χ4n) is 0.0833. The van der Waals surface area contributed by atoms with Crippen molar-refractivity contribution in [3.05, 3.63) is 0 Å². The zero-order chi connectivity index (χ0) is 8.83. The van der Waals surface area contributed by atoms with Crippen LogP contribution in [0.3, 0.4) is 0 Å². The number of amides is 1. The van der Waals surface area contributed by atoms with Crippen LogP contribution in [0.1, 0.15) is 41.0 Å². The third kappa shape index (κ3) is 145. The summed E-state index contributed by atoms with van der Waals surface area (Å²) >= 11 is 0. The van der Waals surface area contributed by atoms with Crippen LogP contribution in [-0.2, 0) is 4.79 Å². The van der Waals surface area contributed by atoms with Crippen molar-refractivity contribution in [2.45, 2.75) is 41.0 Å². The molecule has 1 amide bonds. The van der Waals surface area contributed by atoms with Gasteiger partial charge < -0.3 is 5.32 Å². The number of hydrogen-bond donors (Lipinski definition) is 1. The highest BCUT2D eigenvalue weighted by Gasteiger charge is 1.59. The molecule has 0 rings (SSSR count). The topological polar surface area (TPSA) is 29.1 Å². The molecule has 0 aromatic heterocycles. The number of carbonyl (C=O) groups is 1. The lowest BCUT2D eigenvalue weighted by molar-refractivity contribution is -0.109. The van der Waals surface area contributed by atoms with Crippen molar-refractivity contribution in [3.8, 4) is 0 Å². The molecule has 64 valence electrons. The summed E-state index contributed by atoms with van der Waals surface area (Å²) in [6.07, 6.45) is 1.93. The van der Waals surface area contributed by atoms with Crippen molar-refractivity contribution in [1.82, 2.24) is 5.32 Å². The Kier molecular flexibility index (Phi) is 63.7. The van der Waals surface area contributed by atoms with E-state index in [1.54, 1.807) is 0 Å². The van der Waals surface area contributed by atoms with E-state index in [2.05, 4.69) is 19.2 Å². The van der Waals surface area contributed by atoms with Crippen LogP contribution in [0.5, 0.6) is 0 Å². The predicted octanol–water partition coefficient (Wildman–Crippen LogP) is 2.19. The summed E-state index contributed by atoms with van der Waals surface area (Å²) in [4.78, 5) is 9.29. The molecule has 0 spiro atoms. The molecule has 0 saturated carbocycles. The average molecular weight is 147 g/mol. The molecule has 0 bridgehead atoms. The molecule has 10 heavy (non-hydrogen) atoms. The fraction of sp³-hybridized carbons (Fsp3) is 0.875. The first-order valence-electron chi connectivity index (χ1n) is 4.00. The Morgan fingerprint density at radius 2 is 1.50 bits per heavy atom. The van der Waals surface area contributed by atoms with E-state index in [1.807, 2.05) is 20.8 Å². The SMILES string of the molecule is CC.CCC.CCNC=O. The van der Waals surface area contributed by atoms with Crippen molar-refractivity contribution in [1.29, 1.82) is 0 Å². The van der Waals surface area contributed by atoms with Gasteiger partial charge in [-0.25, -0.2) is 0 Å². The standard InChI is InChI=1S/C3H7NO.C3H8.C2H6/c1-2-4-3-5;1-3-2;1-2/h3H,2H2,1H3,(H,4,5);3H2,1-2H3;1-2H3. The van der Waals surface area contributed by atoms with Crippen molar-refractivity contribution in [2.75, 3.05) is 6.54 Å². The van der Waals surface area contributed by atoms with Crippen LogP contribution in [-0.4, -0.2) is 13.0 Å². The second-order valence-corrected chi connectivity index (χ2v) is 1.38. The number of carbonyl (C=O) groups excluding carboxylic acids is 1. The van der Waals surface area contributed by atoms with Crippen LogP contribution in [0.2, 0.25) is 0 Å². The first kappa shape index (κ1) is 16.2. The quantitative estimate of drug-likeness (QED) is 0.596. The molecule has 2 heteroatoms. The summed E-state index contributed by atoms with van der Waals surface area (Å²) in [6.45, 7) is 10.8. The van der Waals surface area contributed by atoms with Crippen LogP contribution >= 0.6 is 0 Å². The van der Waals surface area contributed by atoms with Gasteiger partial charge in [-0.2, -0.15) is 0 Å². The molecular weight excluding hydrogens is 126 g/mol. The minimum Gasteiger partial charge on any atom is -0.359 e. The molecule has 0 aliphatic heterocycles. The van der Waals surface area contributed by atoms with Gasteiger partial charge in [-0.1, -0.05) is 34.1 Å². The van der Waals surface area contributed by atoms with E-state index in [0.29, 0.717) is 6.41 Å². The summed E-state index contributed by atoms with van der Waals surface area (Å²) in [6, 6.07) is 0. The van der Waals surface area contributed by atoms with Crippen LogP contribution in [0.25, 0.3) is 0 Å². The minimum atomic E-state index is 0.681. The maximum Gasteiger partial charge on any atom is 0.207 e. The fourth-order valence-corrected chi connectivity index (χ4v) is 0.0833. The Labute approximate surface area is 65.0 Å². The molecule has 0 aliphatic rings. The molecule has 0 fully saturated rings. The van der Waals surface area contributed by atoms with E-state index in [4.69, 9.17) is 0 Å². The first-order chi connectivity index (χ1) is 4.83. The van der Waals surface area contributed by atoms with Crippen LogP contribution in [0, 0.1) is 0 Å². The van der Waals surface area contributed by atoms with E-state index in [1.165, 1.54) is 6.42 Å². The Bertz CT molecular complexity index is 38.2. The van der Waals surface area contributed by atoms with Crippen LogP contribution in [0.4, 0.5) is 0 Å². The summed E-state index contributed by atoms with van der Waals surface area (Å²) in [5.41, 5.74) is 0. The summed E-state index contributed by atoms with van der Waals surface area (Å²) in [5.74, 6) is 0. The lowest BCUT2D eigenvalue weighted by atomic mass is 10.6. The minimum absolute atomic E-state index is 0.681. The van der Waals surface area contributed by atoms with Crippen LogP contribution in [0.15, 0.2) is 0 Å². The van der Waals surface area contributed by atoms with Gasteiger partial charge in [0.25, 0.3) is 0 Å². The largest absolute Gasteiger partial charge is 0.359 e. The second-order valence-electron chi connectivity index (χ2n) is 1.38. The summed E-state index contributed by atoms with van der Waals surface area (Å²) < 4.78 is 0. The Balaban J connectivity index is -0.0000000847. The molecule has 0 radical (unpaired) electrons. The average Bonchev–Trinajstić information content (AvgIpc) is 1.96. The third-order valence-electron chi connectivity index (χ3n) is 0.287. The van der Waals surface area contributed by atoms with Gasteiger partial charge in [-0.05, 0) is 6.92 Å². The Morgan fingerprint density at radius 3 is 1.50 bits per heavy atom. The van der Waals surface area contributed by atoms with Gasteiger partial charge in [0, 0.05) is 6.54 Å². The lowest BCUT2D eigenvalue weighted by Crippen LogP contribution is -2.07. The van der Waals surface area contributed by atoms with Gasteiger partial charge >= 0.3 is 0 Å². The van der Waals surface area contributed by atoms with Gasteiger partial charge in [0.15, 0.2) is 0 Å². The molecular formula is C8H21NO. The van der Waals surface area contributed by atoms with E-state index in [0.717, 1.165) is 6.54 Å². The van der Waals surface area contributed by atoms with Crippen LogP contribution < -0.4 is 5.32 Å². The highest BCUT2D eigenvalue weighted by Crippen LogP contribution is 1.56. The molecule has 1 N–H and O–H groups in total. The Morgan fingerprint density at radius 1 is 1.20 bits per heavy atom. The summed E-state index contributed by atoms with van der Waals surface area (Å²) in [7, 11) is 0. The van der Waals surface area contributed by atoms with Gasteiger partial charge in [0.1, 0.15) is 0 Å². The van der Waals surface area contributed by atoms with Gasteiger partial charge in [-0.3, -0.25) is 4.79 Å². The molecule has 0 unspecified atom stereocenters.